The van der Waals surface area contributed by atoms with Crippen LogP contribution < -0.4 is 5.32 Å². The van der Waals surface area contributed by atoms with Gasteiger partial charge in [0.25, 0.3) is 11.8 Å². The molecule has 0 spiro atoms. The third-order valence-corrected chi connectivity index (χ3v) is 5.07. The van der Waals surface area contributed by atoms with Crippen LogP contribution in [0.1, 0.15) is 32.0 Å². The fourth-order valence-electron chi connectivity index (χ4n) is 3.26. The average molecular weight is 414 g/mol. The number of hydrogen-bond acceptors (Lipinski definition) is 5. The molecule has 1 N–H and O–H groups in total. The summed E-state index contributed by atoms with van der Waals surface area (Å²) in [6.07, 6.45) is 4.87. The van der Waals surface area contributed by atoms with Gasteiger partial charge in [0.2, 0.25) is 0 Å². The first-order valence-electron chi connectivity index (χ1n) is 9.77. The van der Waals surface area contributed by atoms with E-state index >= 15 is 0 Å². The molecule has 0 aliphatic heterocycles. The molecule has 4 rings (SSSR count). The van der Waals surface area contributed by atoms with Gasteiger partial charge in [-0.2, -0.15) is 5.10 Å². The number of pyridine rings is 2. The van der Waals surface area contributed by atoms with Crippen molar-refractivity contribution in [3.05, 3.63) is 83.4 Å². The summed E-state index contributed by atoms with van der Waals surface area (Å²) < 4.78 is 1.67. The van der Waals surface area contributed by atoms with Crippen molar-refractivity contribution in [1.29, 1.82) is 0 Å². The van der Waals surface area contributed by atoms with E-state index in [1.165, 1.54) is 6.20 Å². The molecule has 2 amide bonds. The van der Waals surface area contributed by atoms with Gasteiger partial charge < -0.3 is 10.2 Å². The molecule has 0 fully saturated rings. The Bertz CT molecular complexity index is 1270. The lowest BCUT2D eigenvalue weighted by atomic mass is 10.1. The standard InChI is InChI=1S/C23H22N6O2/c1-15-7-8-16(23(31)28(2)14-18-6-4-5-9-24-18)10-19(15)27-22(30)17-11-21-20(25-12-17)13-26-29(21)3/h4-13H,14H2,1-3H3,(H,27,30). The number of rotatable bonds is 5. The second-order valence-corrected chi connectivity index (χ2v) is 7.36. The molecule has 0 aliphatic carbocycles. The summed E-state index contributed by atoms with van der Waals surface area (Å²) in [6.45, 7) is 2.27. The van der Waals surface area contributed by atoms with Crippen LogP contribution in [-0.2, 0) is 13.6 Å². The maximum atomic E-state index is 12.9. The highest BCUT2D eigenvalue weighted by Crippen LogP contribution is 2.20. The molecule has 156 valence electrons. The summed E-state index contributed by atoms with van der Waals surface area (Å²) in [5, 5.41) is 7.04. The lowest BCUT2D eigenvalue weighted by molar-refractivity contribution is 0.0783. The first-order valence-corrected chi connectivity index (χ1v) is 9.77. The first-order chi connectivity index (χ1) is 14.9. The number of aromatic nitrogens is 4. The minimum Gasteiger partial charge on any atom is -0.336 e. The van der Waals surface area contributed by atoms with E-state index in [1.54, 1.807) is 54.3 Å². The number of nitrogens with zero attached hydrogens (tertiary/aromatic N) is 5. The molecule has 3 aromatic heterocycles. The van der Waals surface area contributed by atoms with Crippen LogP contribution in [0.25, 0.3) is 11.0 Å². The zero-order valence-electron chi connectivity index (χ0n) is 17.5. The van der Waals surface area contributed by atoms with Gasteiger partial charge in [0, 0.05) is 37.7 Å². The molecule has 8 heteroatoms. The van der Waals surface area contributed by atoms with Gasteiger partial charge in [-0.25, -0.2) is 0 Å². The lowest BCUT2D eigenvalue weighted by Gasteiger charge is -2.18. The number of carbonyl (C=O) groups is 2. The summed E-state index contributed by atoms with van der Waals surface area (Å²) in [7, 11) is 3.52. The normalized spacial score (nSPS) is 10.8. The Morgan fingerprint density at radius 3 is 2.68 bits per heavy atom. The third kappa shape index (κ3) is 4.28. The van der Waals surface area contributed by atoms with Crippen LogP contribution in [0.5, 0.6) is 0 Å². The minimum absolute atomic E-state index is 0.154. The maximum Gasteiger partial charge on any atom is 0.257 e. The zero-order chi connectivity index (χ0) is 22.0. The molecule has 31 heavy (non-hydrogen) atoms. The maximum absolute atomic E-state index is 12.9. The second-order valence-electron chi connectivity index (χ2n) is 7.36. The number of anilines is 1. The summed E-state index contributed by atoms with van der Waals surface area (Å²) >= 11 is 0. The molecule has 0 bridgehead atoms. The van der Waals surface area contributed by atoms with Gasteiger partial charge in [0.1, 0.15) is 5.52 Å². The van der Waals surface area contributed by atoms with Gasteiger partial charge in [-0.3, -0.25) is 24.2 Å². The number of amides is 2. The van der Waals surface area contributed by atoms with Gasteiger partial charge in [-0.1, -0.05) is 12.1 Å². The Labute approximate surface area is 179 Å². The van der Waals surface area contributed by atoms with Crippen molar-refractivity contribution in [2.75, 3.05) is 12.4 Å². The molecule has 0 unspecified atom stereocenters. The SMILES string of the molecule is Cc1ccc(C(=O)N(C)Cc2ccccn2)cc1NC(=O)c1cnc2cnn(C)c2c1. The Kier molecular flexibility index (Phi) is 5.44. The van der Waals surface area contributed by atoms with Crippen LogP contribution in [0.4, 0.5) is 5.69 Å². The summed E-state index contributed by atoms with van der Waals surface area (Å²) in [5.74, 6) is -0.454. The van der Waals surface area contributed by atoms with Crippen LogP contribution in [0, 0.1) is 6.92 Å². The van der Waals surface area contributed by atoms with Crippen LogP contribution in [0.2, 0.25) is 0 Å². The number of aryl methyl sites for hydroxylation is 2. The molecule has 4 aromatic rings. The summed E-state index contributed by atoms with van der Waals surface area (Å²) in [4.78, 5) is 35.8. The van der Waals surface area contributed by atoms with E-state index in [0.717, 1.165) is 22.3 Å². The fraction of sp³-hybridized carbons (Fsp3) is 0.174. The highest BCUT2D eigenvalue weighted by molar-refractivity contribution is 6.06. The Morgan fingerprint density at radius 1 is 1.06 bits per heavy atom. The van der Waals surface area contributed by atoms with Crippen molar-refractivity contribution in [2.45, 2.75) is 13.5 Å². The monoisotopic (exact) mass is 414 g/mol. The summed E-state index contributed by atoms with van der Waals surface area (Å²) in [6, 6.07) is 12.6. The smallest absolute Gasteiger partial charge is 0.257 e. The van der Waals surface area contributed by atoms with Crippen molar-refractivity contribution >= 4 is 28.5 Å². The second kappa shape index (κ2) is 8.35. The molecule has 0 radical (unpaired) electrons. The van der Waals surface area contributed by atoms with Crippen LogP contribution in [0.3, 0.4) is 0 Å². The molecule has 0 aliphatic rings. The van der Waals surface area contributed by atoms with Crippen molar-refractivity contribution < 1.29 is 9.59 Å². The Balaban J connectivity index is 1.53. The molecule has 3 heterocycles. The number of hydrogen-bond donors (Lipinski definition) is 1. The van der Waals surface area contributed by atoms with Gasteiger partial charge in [-0.05, 0) is 42.8 Å². The third-order valence-electron chi connectivity index (χ3n) is 5.07. The molecular weight excluding hydrogens is 392 g/mol. The van der Waals surface area contributed by atoms with E-state index in [2.05, 4.69) is 20.4 Å². The molecule has 1 aromatic carbocycles. The molecule has 8 nitrogen and oxygen atoms in total. The van der Waals surface area contributed by atoms with E-state index in [-0.39, 0.29) is 11.8 Å². The van der Waals surface area contributed by atoms with Crippen molar-refractivity contribution in [1.82, 2.24) is 24.6 Å². The van der Waals surface area contributed by atoms with Crippen molar-refractivity contribution in [2.24, 2.45) is 7.05 Å². The molecular formula is C23H22N6O2. The lowest BCUT2D eigenvalue weighted by Crippen LogP contribution is -2.26. The van der Waals surface area contributed by atoms with Gasteiger partial charge in [0.15, 0.2) is 0 Å². The Morgan fingerprint density at radius 2 is 1.90 bits per heavy atom. The zero-order valence-corrected chi connectivity index (χ0v) is 17.5. The van der Waals surface area contributed by atoms with E-state index in [4.69, 9.17) is 0 Å². The van der Waals surface area contributed by atoms with Crippen molar-refractivity contribution in [3.63, 3.8) is 0 Å². The molecule has 0 saturated heterocycles. The Hall–Kier alpha value is -4.07. The summed E-state index contributed by atoms with van der Waals surface area (Å²) in [5.41, 5.74) is 4.62. The van der Waals surface area contributed by atoms with Crippen molar-refractivity contribution in [3.8, 4) is 0 Å². The number of carbonyl (C=O) groups excluding carboxylic acids is 2. The van der Waals surface area contributed by atoms with E-state index in [9.17, 15) is 9.59 Å². The highest BCUT2D eigenvalue weighted by Gasteiger charge is 2.16. The quantitative estimate of drug-likeness (QED) is 0.541. The van der Waals surface area contributed by atoms with Crippen LogP contribution in [-0.4, -0.2) is 43.5 Å². The topological polar surface area (TPSA) is 93.0 Å². The number of benzene rings is 1. The van der Waals surface area contributed by atoms with Crippen LogP contribution in [0.15, 0.2) is 61.1 Å². The highest BCUT2D eigenvalue weighted by atomic mass is 16.2. The van der Waals surface area contributed by atoms with Gasteiger partial charge in [0.05, 0.1) is 29.5 Å². The molecule has 0 saturated carbocycles. The van der Waals surface area contributed by atoms with E-state index in [1.807, 2.05) is 31.2 Å². The average Bonchev–Trinajstić information content (AvgIpc) is 3.15. The first kappa shape index (κ1) is 20.2. The number of nitrogens with one attached hydrogen (secondary N) is 1. The fourth-order valence-corrected chi connectivity index (χ4v) is 3.26. The van der Waals surface area contributed by atoms with Gasteiger partial charge in [-0.15, -0.1) is 0 Å². The minimum atomic E-state index is -0.301. The van der Waals surface area contributed by atoms with Crippen LogP contribution >= 0.6 is 0 Å². The van der Waals surface area contributed by atoms with E-state index < -0.39 is 0 Å². The largest absolute Gasteiger partial charge is 0.336 e. The van der Waals surface area contributed by atoms with Gasteiger partial charge >= 0.3 is 0 Å². The number of fused-ring (bicyclic) bond motifs is 1. The predicted molar refractivity (Wildman–Crippen MR) is 118 cm³/mol. The van der Waals surface area contributed by atoms with E-state index in [0.29, 0.717) is 23.4 Å². The molecule has 0 atom stereocenters. The predicted octanol–water partition coefficient (Wildman–Crippen LogP) is 3.20.